The lowest BCUT2D eigenvalue weighted by molar-refractivity contribution is -0.192. The van der Waals surface area contributed by atoms with Crippen LogP contribution in [0.15, 0.2) is 35.8 Å². The first-order chi connectivity index (χ1) is 15.2. The first-order valence-corrected chi connectivity index (χ1v) is 11.0. The summed E-state index contributed by atoms with van der Waals surface area (Å²) in [4.78, 5) is 15.6. The molecule has 2 heterocycles. The molecule has 1 aliphatic heterocycles. The molecule has 0 bridgehead atoms. The van der Waals surface area contributed by atoms with Gasteiger partial charge in [-0.15, -0.1) is 11.3 Å². The lowest BCUT2D eigenvalue weighted by Crippen LogP contribution is -2.50. The van der Waals surface area contributed by atoms with Crippen molar-refractivity contribution in [3.8, 4) is 0 Å². The van der Waals surface area contributed by atoms with E-state index < -0.39 is 12.1 Å². The van der Waals surface area contributed by atoms with Crippen LogP contribution >= 0.6 is 11.3 Å². The molecule has 2 fully saturated rings. The fraction of sp³-hybridized carbons (Fsp3) is 0.524. The number of hydrogen-bond acceptors (Lipinski definition) is 6. The molecule has 1 aromatic carbocycles. The van der Waals surface area contributed by atoms with Gasteiger partial charge in [0, 0.05) is 36.6 Å². The minimum atomic E-state index is -5.08. The molecule has 11 heteroatoms. The zero-order valence-corrected chi connectivity index (χ0v) is 17.9. The van der Waals surface area contributed by atoms with Crippen LogP contribution in [-0.4, -0.2) is 59.0 Å². The molecule has 3 atom stereocenters. The summed E-state index contributed by atoms with van der Waals surface area (Å²) in [7, 11) is 0. The molecule has 1 saturated carbocycles. The Bertz CT molecular complexity index is 848. The van der Waals surface area contributed by atoms with Gasteiger partial charge in [0.25, 0.3) is 0 Å². The Kier molecular flexibility index (Phi) is 8.57. The highest BCUT2D eigenvalue weighted by molar-refractivity contribution is 7.09. The summed E-state index contributed by atoms with van der Waals surface area (Å²) in [6, 6.07) is 7.27. The topological polar surface area (TPSA) is 71.9 Å². The average molecular weight is 476 g/mol. The van der Waals surface area contributed by atoms with Crippen LogP contribution in [0.5, 0.6) is 0 Å². The summed E-state index contributed by atoms with van der Waals surface area (Å²) < 4.78 is 56.8. The minimum absolute atomic E-state index is 0.179. The smallest absolute Gasteiger partial charge is 0.475 e. The number of nitrogens with zero attached hydrogens (tertiary/aromatic N) is 2. The number of morpholine rings is 1. The van der Waals surface area contributed by atoms with Gasteiger partial charge < -0.3 is 14.6 Å². The highest BCUT2D eigenvalue weighted by Crippen LogP contribution is 2.35. The Balaban J connectivity index is 0.000000360. The molecule has 1 aliphatic carbocycles. The number of carboxylic acid groups (broad SMARTS) is 1. The second-order valence-electron chi connectivity index (χ2n) is 7.58. The van der Waals surface area contributed by atoms with Gasteiger partial charge in [0.1, 0.15) is 10.8 Å². The van der Waals surface area contributed by atoms with Gasteiger partial charge in [0.15, 0.2) is 0 Å². The van der Waals surface area contributed by atoms with Gasteiger partial charge >= 0.3 is 12.1 Å². The molecule has 0 amide bonds. The van der Waals surface area contributed by atoms with E-state index in [0.29, 0.717) is 18.6 Å². The van der Waals surface area contributed by atoms with Gasteiger partial charge in [-0.05, 0) is 30.5 Å². The minimum Gasteiger partial charge on any atom is -0.475 e. The normalized spacial score (nSPS) is 23.3. The fourth-order valence-electron chi connectivity index (χ4n) is 3.96. The maximum atomic E-state index is 13.1. The average Bonchev–Trinajstić information content (AvgIpc) is 3.40. The van der Waals surface area contributed by atoms with Crippen molar-refractivity contribution in [2.75, 3.05) is 19.8 Å². The molecule has 4 rings (SSSR count). The van der Waals surface area contributed by atoms with Crippen molar-refractivity contribution in [2.45, 2.75) is 44.3 Å². The standard InChI is InChI=1S/C19H23FN2O2S.C2HF3O2/c20-16-4-1-14(2-5-16)11-22-8-9-24-19-15(3-6-17(19)22)12-23-13-18-21-7-10-25-18;3-2(4,5)1(6)7/h1-2,4-5,7,10,15,17,19H,3,6,8-9,11-13H2;(H,6,7). The van der Waals surface area contributed by atoms with Crippen LogP contribution in [0.1, 0.15) is 23.4 Å². The number of halogens is 4. The van der Waals surface area contributed by atoms with E-state index in [1.165, 1.54) is 12.1 Å². The maximum absolute atomic E-state index is 13.1. The molecule has 2 aliphatic rings. The predicted octanol–water partition coefficient (Wildman–Crippen LogP) is 4.11. The van der Waals surface area contributed by atoms with Crippen molar-refractivity contribution in [2.24, 2.45) is 5.92 Å². The monoisotopic (exact) mass is 476 g/mol. The van der Waals surface area contributed by atoms with Crippen molar-refractivity contribution in [3.05, 3.63) is 52.2 Å². The van der Waals surface area contributed by atoms with E-state index in [0.717, 1.165) is 49.7 Å². The van der Waals surface area contributed by atoms with Crippen LogP contribution < -0.4 is 0 Å². The molecule has 1 aromatic heterocycles. The highest BCUT2D eigenvalue weighted by atomic mass is 32.1. The molecule has 0 spiro atoms. The van der Waals surface area contributed by atoms with E-state index in [4.69, 9.17) is 19.4 Å². The van der Waals surface area contributed by atoms with E-state index in [9.17, 15) is 17.6 Å². The van der Waals surface area contributed by atoms with Gasteiger partial charge in [-0.2, -0.15) is 13.2 Å². The number of ether oxygens (including phenoxy) is 2. The molecule has 1 N–H and O–H groups in total. The number of carbonyl (C=O) groups is 1. The van der Waals surface area contributed by atoms with Gasteiger partial charge in [-0.1, -0.05) is 12.1 Å². The summed E-state index contributed by atoms with van der Waals surface area (Å²) in [6.45, 7) is 3.87. The van der Waals surface area contributed by atoms with Gasteiger partial charge in [0.05, 0.1) is 25.9 Å². The van der Waals surface area contributed by atoms with Crippen LogP contribution in [-0.2, 0) is 27.4 Å². The molecular formula is C21H24F4N2O4S. The van der Waals surface area contributed by atoms with Crippen molar-refractivity contribution in [3.63, 3.8) is 0 Å². The maximum Gasteiger partial charge on any atom is 0.490 e. The van der Waals surface area contributed by atoms with Crippen LogP contribution in [0.2, 0.25) is 0 Å². The second kappa shape index (κ2) is 11.2. The zero-order valence-electron chi connectivity index (χ0n) is 17.1. The summed E-state index contributed by atoms with van der Waals surface area (Å²) in [5.74, 6) is -2.49. The Labute approximate surface area is 186 Å². The van der Waals surface area contributed by atoms with Crippen LogP contribution in [0.3, 0.4) is 0 Å². The van der Waals surface area contributed by atoms with E-state index in [1.807, 2.05) is 23.7 Å². The van der Waals surface area contributed by atoms with E-state index in [2.05, 4.69) is 9.88 Å². The lowest BCUT2D eigenvalue weighted by Gasteiger charge is -2.39. The molecule has 2 aromatic rings. The number of carboxylic acids is 1. The Morgan fingerprint density at radius 2 is 2.00 bits per heavy atom. The largest absolute Gasteiger partial charge is 0.490 e. The number of thiazole rings is 1. The molecule has 0 radical (unpaired) electrons. The molecule has 6 nitrogen and oxygen atoms in total. The van der Waals surface area contributed by atoms with Gasteiger partial charge in [0.2, 0.25) is 0 Å². The van der Waals surface area contributed by atoms with Gasteiger partial charge in [-0.25, -0.2) is 14.2 Å². The lowest BCUT2D eigenvalue weighted by atomic mass is 10.0. The second-order valence-corrected chi connectivity index (χ2v) is 8.56. The van der Waals surface area contributed by atoms with Crippen LogP contribution in [0.4, 0.5) is 17.6 Å². The Hall–Kier alpha value is -2.08. The predicted molar refractivity (Wildman–Crippen MR) is 109 cm³/mol. The Morgan fingerprint density at radius 1 is 1.28 bits per heavy atom. The SMILES string of the molecule is Fc1ccc(CN2CCOC3C(COCc4nccs4)CCC32)cc1.O=C(O)C(F)(F)F. The fourth-order valence-corrected chi connectivity index (χ4v) is 4.51. The number of aromatic nitrogens is 1. The number of alkyl halides is 3. The number of aliphatic carboxylic acids is 1. The molecule has 32 heavy (non-hydrogen) atoms. The summed E-state index contributed by atoms with van der Waals surface area (Å²) in [6.07, 6.45) is -0.762. The third-order valence-electron chi connectivity index (χ3n) is 5.42. The number of benzene rings is 1. The Morgan fingerprint density at radius 3 is 2.62 bits per heavy atom. The summed E-state index contributed by atoms with van der Waals surface area (Å²) >= 11 is 1.63. The zero-order chi connectivity index (χ0) is 23.1. The van der Waals surface area contributed by atoms with Crippen molar-refractivity contribution in [1.82, 2.24) is 9.88 Å². The third kappa shape index (κ3) is 6.96. The van der Waals surface area contributed by atoms with Crippen molar-refractivity contribution < 1.29 is 36.9 Å². The van der Waals surface area contributed by atoms with Crippen LogP contribution in [0.25, 0.3) is 0 Å². The van der Waals surface area contributed by atoms with Crippen molar-refractivity contribution in [1.29, 1.82) is 0 Å². The molecule has 176 valence electrons. The van der Waals surface area contributed by atoms with Gasteiger partial charge in [-0.3, -0.25) is 4.90 Å². The van der Waals surface area contributed by atoms with E-state index >= 15 is 0 Å². The molecule has 3 unspecified atom stereocenters. The van der Waals surface area contributed by atoms with E-state index in [1.54, 1.807) is 11.3 Å². The quantitative estimate of drug-likeness (QED) is 0.633. The highest BCUT2D eigenvalue weighted by Gasteiger charge is 2.42. The van der Waals surface area contributed by atoms with Crippen molar-refractivity contribution >= 4 is 17.3 Å². The molecular weight excluding hydrogens is 452 g/mol. The summed E-state index contributed by atoms with van der Waals surface area (Å²) in [5, 5.41) is 10.1. The van der Waals surface area contributed by atoms with E-state index in [-0.39, 0.29) is 11.9 Å². The summed E-state index contributed by atoms with van der Waals surface area (Å²) in [5.41, 5.74) is 1.16. The number of rotatable bonds is 6. The third-order valence-corrected chi connectivity index (χ3v) is 6.17. The van der Waals surface area contributed by atoms with Crippen LogP contribution in [0, 0.1) is 11.7 Å². The first-order valence-electron chi connectivity index (χ1n) is 10.1. The molecule has 1 saturated heterocycles. The first kappa shape index (κ1) is 24.6. The number of hydrogen-bond donors (Lipinski definition) is 1. The number of fused-ring (bicyclic) bond motifs is 1.